The Morgan fingerprint density at radius 3 is 2.35 bits per heavy atom. The van der Waals surface area contributed by atoms with E-state index in [1.54, 1.807) is 13.0 Å². The molecule has 2 atom stereocenters. The van der Waals surface area contributed by atoms with Crippen molar-refractivity contribution >= 4 is 11.9 Å². The van der Waals surface area contributed by atoms with Crippen LogP contribution in [0, 0.1) is 16.7 Å². The number of hydrogen-bond acceptors (Lipinski definition) is 5. The highest BCUT2D eigenvalue weighted by Gasteiger charge is 2.36. The van der Waals surface area contributed by atoms with E-state index in [9.17, 15) is 9.59 Å². The Balaban J connectivity index is 2.96. The van der Waals surface area contributed by atoms with Crippen molar-refractivity contribution in [2.75, 3.05) is 13.7 Å². The molecule has 0 bridgehead atoms. The van der Waals surface area contributed by atoms with Gasteiger partial charge < -0.3 is 14.4 Å². The van der Waals surface area contributed by atoms with Gasteiger partial charge in [-0.15, -0.1) is 0 Å². The highest BCUT2D eigenvalue weighted by atomic mass is 16.5. The van der Waals surface area contributed by atoms with E-state index < -0.39 is 24.0 Å². The average molecular weight is 360 g/mol. The molecule has 26 heavy (non-hydrogen) atoms. The van der Waals surface area contributed by atoms with E-state index >= 15 is 0 Å². The summed E-state index contributed by atoms with van der Waals surface area (Å²) in [6.07, 6.45) is 0.0131. The van der Waals surface area contributed by atoms with Crippen molar-refractivity contribution in [1.29, 1.82) is 5.26 Å². The largest absolute Gasteiger partial charge is 0.467 e. The molecule has 0 fully saturated rings. The molecule has 1 rings (SSSR count). The molecule has 0 spiro atoms. The van der Waals surface area contributed by atoms with Gasteiger partial charge in [-0.1, -0.05) is 51.1 Å². The summed E-state index contributed by atoms with van der Waals surface area (Å²) in [6, 6.07) is 10.2. The van der Waals surface area contributed by atoms with Gasteiger partial charge in [0.1, 0.15) is 0 Å². The molecular formula is C20H28N2O4. The first-order chi connectivity index (χ1) is 12.2. The number of nitriles is 1. The van der Waals surface area contributed by atoms with Crippen LogP contribution >= 0.6 is 0 Å². The Hall–Kier alpha value is -2.39. The van der Waals surface area contributed by atoms with Gasteiger partial charge in [-0.25, -0.2) is 4.79 Å². The van der Waals surface area contributed by atoms with Crippen molar-refractivity contribution in [3.05, 3.63) is 35.9 Å². The molecule has 0 aliphatic heterocycles. The molecule has 0 heterocycles. The third-order valence-electron chi connectivity index (χ3n) is 4.04. The van der Waals surface area contributed by atoms with Gasteiger partial charge in [0.05, 0.1) is 19.8 Å². The first-order valence-corrected chi connectivity index (χ1v) is 8.63. The number of amides is 1. The fourth-order valence-electron chi connectivity index (χ4n) is 2.47. The standard InChI is InChI=1S/C20H28N2O4/c1-15(26-14-16-9-7-6-8-10-16)18(19(24)25-5)22(17(23)13-21)12-11-20(2,3)4/h6-10,15,18H,11-12,14H2,1-5H3/t15-,18?/m0/s1. The second-order valence-electron chi connectivity index (χ2n) is 7.39. The molecule has 0 aliphatic rings. The van der Waals surface area contributed by atoms with Crippen LogP contribution in [0.3, 0.4) is 0 Å². The lowest BCUT2D eigenvalue weighted by Crippen LogP contribution is -2.52. The van der Waals surface area contributed by atoms with Crippen molar-refractivity contribution in [3.63, 3.8) is 0 Å². The summed E-state index contributed by atoms with van der Waals surface area (Å²) in [7, 11) is 1.26. The fourth-order valence-corrected chi connectivity index (χ4v) is 2.47. The monoisotopic (exact) mass is 360 g/mol. The van der Waals surface area contributed by atoms with E-state index in [4.69, 9.17) is 14.7 Å². The molecule has 0 N–H and O–H groups in total. The summed E-state index contributed by atoms with van der Waals surface area (Å²) in [5, 5.41) is 9.09. The predicted molar refractivity (Wildman–Crippen MR) is 97.9 cm³/mol. The third-order valence-corrected chi connectivity index (χ3v) is 4.04. The van der Waals surface area contributed by atoms with Gasteiger partial charge in [-0.3, -0.25) is 4.79 Å². The number of carbonyl (C=O) groups excluding carboxylic acids is 2. The second-order valence-corrected chi connectivity index (χ2v) is 7.39. The predicted octanol–water partition coefficient (Wildman–Crippen LogP) is 2.92. The van der Waals surface area contributed by atoms with Crippen molar-refractivity contribution < 1.29 is 19.1 Å². The number of hydrogen-bond donors (Lipinski definition) is 0. The average Bonchev–Trinajstić information content (AvgIpc) is 2.62. The van der Waals surface area contributed by atoms with E-state index in [0.29, 0.717) is 13.0 Å². The maximum absolute atomic E-state index is 12.3. The van der Waals surface area contributed by atoms with Crippen LogP contribution in [0.4, 0.5) is 0 Å². The highest BCUT2D eigenvalue weighted by Crippen LogP contribution is 2.21. The Labute approximate surface area is 155 Å². The lowest BCUT2D eigenvalue weighted by atomic mass is 9.91. The molecule has 142 valence electrons. The molecule has 1 amide bonds. The summed E-state index contributed by atoms with van der Waals surface area (Å²) in [4.78, 5) is 25.8. The topological polar surface area (TPSA) is 79.6 Å². The normalized spacial score (nSPS) is 13.4. The number of nitrogens with zero attached hydrogens (tertiary/aromatic N) is 2. The quantitative estimate of drug-likeness (QED) is 0.526. The molecule has 6 nitrogen and oxygen atoms in total. The molecule has 1 aromatic rings. The van der Waals surface area contributed by atoms with Crippen molar-refractivity contribution in [3.8, 4) is 6.07 Å². The Bertz CT molecular complexity index is 631. The molecular weight excluding hydrogens is 332 g/mol. The summed E-state index contributed by atoms with van der Waals surface area (Å²) < 4.78 is 10.7. The molecule has 1 aromatic carbocycles. The summed E-state index contributed by atoms with van der Waals surface area (Å²) >= 11 is 0. The van der Waals surface area contributed by atoms with Gasteiger partial charge in [-0.05, 0) is 24.3 Å². The number of rotatable bonds is 8. The van der Waals surface area contributed by atoms with Gasteiger partial charge in [0.25, 0.3) is 0 Å². The zero-order valence-electron chi connectivity index (χ0n) is 16.2. The fraction of sp³-hybridized carbons (Fsp3) is 0.550. The molecule has 0 aliphatic carbocycles. The number of esters is 1. The zero-order valence-corrected chi connectivity index (χ0v) is 16.2. The van der Waals surface area contributed by atoms with E-state index in [1.807, 2.05) is 51.1 Å². The van der Waals surface area contributed by atoms with Gasteiger partial charge >= 0.3 is 11.9 Å². The van der Waals surface area contributed by atoms with Gasteiger partial charge in [0, 0.05) is 6.54 Å². The lowest BCUT2D eigenvalue weighted by molar-refractivity contribution is -0.158. The summed E-state index contributed by atoms with van der Waals surface area (Å²) in [6.45, 7) is 8.37. The second kappa shape index (κ2) is 9.93. The molecule has 0 saturated heterocycles. The zero-order chi connectivity index (χ0) is 19.7. The minimum atomic E-state index is -0.974. The molecule has 0 aromatic heterocycles. The Morgan fingerprint density at radius 1 is 1.23 bits per heavy atom. The van der Waals surface area contributed by atoms with Crippen LogP contribution in [-0.4, -0.2) is 42.6 Å². The van der Waals surface area contributed by atoms with Gasteiger partial charge in [0.2, 0.25) is 0 Å². The number of benzene rings is 1. The van der Waals surface area contributed by atoms with Crippen LogP contribution < -0.4 is 0 Å². The number of ether oxygens (including phenoxy) is 2. The first kappa shape index (κ1) is 21.7. The van der Waals surface area contributed by atoms with Crippen LogP contribution in [0.5, 0.6) is 0 Å². The molecule has 0 saturated carbocycles. The minimum absolute atomic E-state index is 0.0528. The SMILES string of the molecule is COC(=O)C([C@H](C)OCc1ccccc1)N(CCC(C)(C)C)C(=O)C#N. The summed E-state index contributed by atoms with van der Waals surface area (Å²) in [5.74, 6) is -1.36. The van der Waals surface area contributed by atoms with Crippen molar-refractivity contribution in [2.24, 2.45) is 5.41 Å². The van der Waals surface area contributed by atoms with Crippen LogP contribution in [0.15, 0.2) is 30.3 Å². The lowest BCUT2D eigenvalue weighted by Gasteiger charge is -2.33. The number of methoxy groups -OCH3 is 1. The minimum Gasteiger partial charge on any atom is -0.467 e. The molecule has 1 unspecified atom stereocenters. The van der Waals surface area contributed by atoms with Crippen LogP contribution in [0.2, 0.25) is 0 Å². The number of carbonyl (C=O) groups is 2. The van der Waals surface area contributed by atoms with Crippen molar-refractivity contribution in [2.45, 2.75) is 52.9 Å². The van der Waals surface area contributed by atoms with E-state index in [2.05, 4.69) is 0 Å². The molecule has 6 heteroatoms. The molecule has 0 radical (unpaired) electrons. The van der Waals surface area contributed by atoms with E-state index in [1.165, 1.54) is 12.0 Å². The Morgan fingerprint density at radius 2 is 1.85 bits per heavy atom. The van der Waals surface area contributed by atoms with Gasteiger partial charge in [-0.2, -0.15) is 5.26 Å². The maximum Gasteiger partial charge on any atom is 0.331 e. The first-order valence-electron chi connectivity index (χ1n) is 8.63. The van der Waals surface area contributed by atoms with Crippen molar-refractivity contribution in [1.82, 2.24) is 4.90 Å². The van der Waals surface area contributed by atoms with E-state index in [-0.39, 0.29) is 12.0 Å². The van der Waals surface area contributed by atoms with E-state index in [0.717, 1.165) is 5.56 Å². The smallest absolute Gasteiger partial charge is 0.331 e. The van der Waals surface area contributed by atoms with Gasteiger partial charge in [0.15, 0.2) is 12.1 Å². The van der Waals surface area contributed by atoms with Crippen LogP contribution in [-0.2, 0) is 25.7 Å². The summed E-state index contributed by atoms with van der Waals surface area (Å²) in [5.41, 5.74) is 0.902. The Kier molecular flexibility index (Phi) is 8.27. The van der Waals surface area contributed by atoms with Crippen LogP contribution in [0.1, 0.15) is 39.7 Å². The third kappa shape index (κ3) is 6.85. The highest BCUT2D eigenvalue weighted by molar-refractivity contribution is 5.94. The maximum atomic E-state index is 12.3. The van der Waals surface area contributed by atoms with Crippen LogP contribution in [0.25, 0.3) is 0 Å².